The lowest BCUT2D eigenvalue weighted by Gasteiger charge is -2.19. The lowest BCUT2D eigenvalue weighted by molar-refractivity contribution is -0.383. The predicted molar refractivity (Wildman–Crippen MR) is 74.6 cm³/mol. The Morgan fingerprint density at radius 2 is 2.16 bits per heavy atom. The van der Waals surface area contributed by atoms with Crippen LogP contribution in [0.5, 0.6) is 0 Å². The molecule has 0 aliphatic carbocycles. The number of rotatable bonds is 6. The predicted octanol–water partition coefficient (Wildman–Crippen LogP) is 1.21. The number of hydrogen-bond acceptors (Lipinski definition) is 5. The van der Waals surface area contributed by atoms with Gasteiger partial charge in [-0.1, -0.05) is 6.07 Å². The molecule has 0 aliphatic rings. The van der Waals surface area contributed by atoms with Crippen molar-refractivity contribution in [2.24, 2.45) is 0 Å². The summed E-state index contributed by atoms with van der Waals surface area (Å²) in [7, 11) is 3.27. The molecule has 0 spiro atoms. The minimum atomic E-state index is -0.449. The number of nitro groups is 1. The number of nitro benzene ring substituents is 1. The van der Waals surface area contributed by atoms with E-state index in [4.69, 9.17) is 0 Å². The molecule has 0 bridgehead atoms. The van der Waals surface area contributed by atoms with E-state index in [1.807, 2.05) is 6.92 Å². The molecule has 0 heterocycles. The van der Waals surface area contributed by atoms with Crippen molar-refractivity contribution in [1.29, 1.82) is 0 Å². The molecule has 0 aliphatic heterocycles. The van der Waals surface area contributed by atoms with Crippen LogP contribution in [0.15, 0.2) is 18.2 Å². The van der Waals surface area contributed by atoms with Crippen LogP contribution >= 0.6 is 0 Å². The van der Waals surface area contributed by atoms with Gasteiger partial charge in [0.25, 0.3) is 0 Å². The van der Waals surface area contributed by atoms with Gasteiger partial charge in [-0.15, -0.1) is 0 Å². The third-order valence-electron chi connectivity index (χ3n) is 2.63. The first kappa shape index (κ1) is 14.7. The molecule has 0 radical (unpaired) electrons. The zero-order valence-corrected chi connectivity index (χ0v) is 11.3. The van der Waals surface area contributed by atoms with E-state index >= 15 is 0 Å². The summed E-state index contributed by atoms with van der Waals surface area (Å²) in [6, 6.07) is 4.96. The summed E-state index contributed by atoms with van der Waals surface area (Å²) in [6.07, 6.45) is 0. The van der Waals surface area contributed by atoms with Crippen LogP contribution in [0.3, 0.4) is 0 Å². The first-order valence-corrected chi connectivity index (χ1v) is 5.94. The smallest absolute Gasteiger partial charge is 0.315 e. The monoisotopic (exact) mass is 266 g/mol. The lowest BCUT2D eigenvalue weighted by Crippen LogP contribution is -2.35. The van der Waals surface area contributed by atoms with Crippen LogP contribution in [-0.4, -0.2) is 38.0 Å². The Morgan fingerprint density at radius 3 is 2.68 bits per heavy atom. The van der Waals surface area contributed by atoms with Crippen molar-refractivity contribution in [3.63, 3.8) is 0 Å². The number of amides is 1. The average Bonchev–Trinajstić information content (AvgIpc) is 2.37. The van der Waals surface area contributed by atoms with Crippen LogP contribution < -0.4 is 15.5 Å². The molecule has 7 heteroatoms. The van der Waals surface area contributed by atoms with Gasteiger partial charge in [0.2, 0.25) is 5.91 Å². The molecular formula is C12H18N4O3. The van der Waals surface area contributed by atoms with Gasteiger partial charge < -0.3 is 15.5 Å². The van der Waals surface area contributed by atoms with Gasteiger partial charge in [0, 0.05) is 20.6 Å². The quantitative estimate of drug-likeness (QED) is 0.597. The van der Waals surface area contributed by atoms with Crippen molar-refractivity contribution in [3.05, 3.63) is 28.3 Å². The number of benzene rings is 1. The van der Waals surface area contributed by atoms with E-state index in [-0.39, 0.29) is 18.1 Å². The largest absolute Gasteiger partial charge is 0.382 e. The number of carbonyl (C=O) groups excluding carboxylic acids is 1. The molecule has 104 valence electrons. The van der Waals surface area contributed by atoms with Crippen LogP contribution in [0.1, 0.15) is 6.92 Å². The zero-order chi connectivity index (χ0) is 14.4. The maximum Gasteiger partial charge on any atom is 0.315 e. The highest BCUT2D eigenvalue weighted by molar-refractivity contribution is 5.84. The highest BCUT2D eigenvalue weighted by atomic mass is 16.6. The third kappa shape index (κ3) is 3.57. The van der Waals surface area contributed by atoms with Gasteiger partial charge in [-0.2, -0.15) is 0 Å². The van der Waals surface area contributed by atoms with Gasteiger partial charge in [0.05, 0.1) is 11.5 Å². The van der Waals surface area contributed by atoms with E-state index in [1.54, 1.807) is 37.2 Å². The number of nitrogens with one attached hydrogen (secondary N) is 2. The minimum absolute atomic E-state index is 0.0307. The van der Waals surface area contributed by atoms with Crippen molar-refractivity contribution in [1.82, 2.24) is 5.32 Å². The Labute approximate surface area is 111 Å². The molecular weight excluding hydrogens is 248 g/mol. The molecule has 19 heavy (non-hydrogen) atoms. The highest BCUT2D eigenvalue weighted by Gasteiger charge is 2.22. The van der Waals surface area contributed by atoms with Crippen molar-refractivity contribution < 1.29 is 9.72 Å². The van der Waals surface area contributed by atoms with E-state index in [0.717, 1.165) is 0 Å². The summed E-state index contributed by atoms with van der Waals surface area (Å²) >= 11 is 0. The summed E-state index contributed by atoms with van der Waals surface area (Å²) < 4.78 is 0. The van der Waals surface area contributed by atoms with Gasteiger partial charge in [-0.25, -0.2) is 0 Å². The van der Waals surface area contributed by atoms with Crippen LogP contribution in [0.25, 0.3) is 0 Å². The number of hydrogen-bond donors (Lipinski definition) is 2. The molecule has 2 N–H and O–H groups in total. The average molecular weight is 266 g/mol. The minimum Gasteiger partial charge on any atom is -0.382 e. The Balaban J connectivity index is 3.05. The van der Waals surface area contributed by atoms with Gasteiger partial charge >= 0.3 is 5.69 Å². The number of carbonyl (C=O) groups is 1. The number of para-hydroxylation sites is 1. The topological polar surface area (TPSA) is 87.5 Å². The summed E-state index contributed by atoms with van der Waals surface area (Å²) in [5.41, 5.74) is 0.796. The highest BCUT2D eigenvalue weighted by Crippen LogP contribution is 2.34. The van der Waals surface area contributed by atoms with Crippen molar-refractivity contribution in [3.8, 4) is 0 Å². The van der Waals surface area contributed by atoms with E-state index in [0.29, 0.717) is 17.9 Å². The van der Waals surface area contributed by atoms with Crippen LogP contribution in [0.4, 0.5) is 17.1 Å². The summed E-state index contributed by atoms with van der Waals surface area (Å²) in [5.74, 6) is -0.172. The molecule has 1 amide bonds. The molecule has 7 nitrogen and oxygen atoms in total. The Morgan fingerprint density at radius 1 is 1.47 bits per heavy atom. The van der Waals surface area contributed by atoms with Gasteiger partial charge in [0.15, 0.2) is 0 Å². The standard InChI is InChI=1S/C12H18N4O3/c1-4-14-11(17)8-15(3)10-7-5-6-9(13-2)12(10)16(18)19/h5-7,13H,4,8H2,1-3H3,(H,14,17). The SMILES string of the molecule is CCNC(=O)CN(C)c1cccc(NC)c1[N+](=O)[O-]. The van der Waals surface area contributed by atoms with Crippen LogP contribution in [-0.2, 0) is 4.79 Å². The Bertz CT molecular complexity index is 476. The van der Waals surface area contributed by atoms with Crippen LogP contribution in [0, 0.1) is 10.1 Å². The number of anilines is 2. The summed E-state index contributed by atoms with van der Waals surface area (Å²) in [4.78, 5) is 23.8. The van der Waals surface area contributed by atoms with Crippen molar-refractivity contribution in [2.75, 3.05) is 37.4 Å². The molecule has 0 fully saturated rings. The Kier molecular flexibility index (Phi) is 5.11. The van der Waals surface area contributed by atoms with Gasteiger partial charge in [-0.05, 0) is 19.1 Å². The summed E-state index contributed by atoms with van der Waals surface area (Å²) in [6.45, 7) is 2.43. The van der Waals surface area contributed by atoms with Gasteiger partial charge in [-0.3, -0.25) is 14.9 Å². The second-order valence-corrected chi connectivity index (χ2v) is 3.99. The number of nitrogens with zero attached hydrogens (tertiary/aromatic N) is 2. The fourth-order valence-electron chi connectivity index (χ4n) is 1.79. The molecule has 0 atom stereocenters. The fraction of sp³-hybridized carbons (Fsp3) is 0.417. The normalized spacial score (nSPS) is 9.84. The molecule has 0 aromatic heterocycles. The van der Waals surface area contributed by atoms with Gasteiger partial charge in [0.1, 0.15) is 11.4 Å². The zero-order valence-electron chi connectivity index (χ0n) is 11.3. The molecule has 0 saturated heterocycles. The molecule has 1 rings (SSSR count). The second kappa shape index (κ2) is 6.58. The maximum atomic E-state index is 11.5. The second-order valence-electron chi connectivity index (χ2n) is 3.99. The van der Waals surface area contributed by atoms with Crippen LogP contribution in [0.2, 0.25) is 0 Å². The molecule has 0 saturated carbocycles. The van der Waals surface area contributed by atoms with Crippen molar-refractivity contribution in [2.45, 2.75) is 6.92 Å². The molecule has 1 aromatic rings. The van der Waals surface area contributed by atoms with Crippen molar-refractivity contribution >= 4 is 23.0 Å². The molecule has 0 unspecified atom stereocenters. The number of likely N-dealkylation sites (N-methyl/N-ethyl adjacent to an activating group) is 2. The van der Waals surface area contributed by atoms with E-state index < -0.39 is 4.92 Å². The maximum absolute atomic E-state index is 11.5. The summed E-state index contributed by atoms with van der Waals surface area (Å²) in [5, 5.41) is 16.6. The Hall–Kier alpha value is -2.31. The van der Waals surface area contributed by atoms with E-state index in [2.05, 4.69) is 10.6 Å². The lowest BCUT2D eigenvalue weighted by atomic mass is 10.2. The van der Waals surface area contributed by atoms with E-state index in [1.165, 1.54) is 0 Å². The fourth-order valence-corrected chi connectivity index (χ4v) is 1.79. The molecule has 1 aromatic carbocycles. The van der Waals surface area contributed by atoms with E-state index in [9.17, 15) is 14.9 Å². The third-order valence-corrected chi connectivity index (χ3v) is 2.63. The first-order chi connectivity index (χ1) is 9.01. The first-order valence-electron chi connectivity index (χ1n) is 5.94.